The highest BCUT2D eigenvalue weighted by molar-refractivity contribution is 5.22. The largest absolute Gasteiger partial charge is 0.385 e. The van der Waals surface area contributed by atoms with Crippen LogP contribution in [0.4, 0.5) is 4.39 Å². The van der Waals surface area contributed by atoms with Crippen molar-refractivity contribution in [1.82, 2.24) is 0 Å². The van der Waals surface area contributed by atoms with Crippen molar-refractivity contribution in [1.29, 1.82) is 0 Å². The van der Waals surface area contributed by atoms with E-state index in [0.29, 0.717) is 6.42 Å². The van der Waals surface area contributed by atoms with Crippen LogP contribution in [0.5, 0.6) is 0 Å². The van der Waals surface area contributed by atoms with E-state index in [4.69, 9.17) is 4.74 Å². The van der Waals surface area contributed by atoms with Gasteiger partial charge in [0, 0.05) is 12.7 Å². The van der Waals surface area contributed by atoms with Crippen LogP contribution in [0, 0.1) is 5.82 Å². The minimum Gasteiger partial charge on any atom is -0.385 e. The summed E-state index contributed by atoms with van der Waals surface area (Å²) in [4.78, 5) is 0. The number of halogens is 1. The van der Waals surface area contributed by atoms with Gasteiger partial charge in [0.25, 0.3) is 0 Å². The molecule has 0 aliphatic carbocycles. The van der Waals surface area contributed by atoms with Gasteiger partial charge in [0.1, 0.15) is 11.9 Å². The molecule has 0 aliphatic rings. The third kappa shape index (κ3) is 2.36. The Balaban J connectivity index is 3.03. The Morgan fingerprint density at radius 1 is 1.47 bits per heavy atom. The van der Waals surface area contributed by atoms with Crippen LogP contribution >= 0.6 is 0 Å². The summed E-state index contributed by atoms with van der Waals surface area (Å²) in [5.41, 5.74) is -0.467. The molecule has 3 heteroatoms. The first kappa shape index (κ1) is 12.1. The van der Waals surface area contributed by atoms with E-state index in [0.717, 1.165) is 0 Å². The van der Waals surface area contributed by atoms with Crippen LogP contribution in [-0.4, -0.2) is 17.8 Å². The number of aliphatic hydroxyl groups is 1. The second kappa shape index (κ2) is 4.73. The average molecular weight is 212 g/mol. The van der Waals surface area contributed by atoms with Gasteiger partial charge in [-0.15, -0.1) is 0 Å². The Morgan fingerprint density at radius 2 is 2.07 bits per heavy atom. The molecule has 0 aromatic heterocycles. The molecule has 1 rings (SSSR count). The molecule has 0 bridgehead atoms. The molecule has 2 unspecified atom stereocenters. The summed E-state index contributed by atoms with van der Waals surface area (Å²) in [6.07, 6.45) is -0.340. The molecule has 15 heavy (non-hydrogen) atoms. The van der Waals surface area contributed by atoms with E-state index in [1.165, 1.54) is 13.2 Å². The van der Waals surface area contributed by atoms with Gasteiger partial charge in [0.05, 0.1) is 5.60 Å². The molecule has 84 valence electrons. The van der Waals surface area contributed by atoms with E-state index in [-0.39, 0.29) is 5.56 Å². The zero-order chi connectivity index (χ0) is 11.5. The van der Waals surface area contributed by atoms with Crippen molar-refractivity contribution < 1.29 is 14.2 Å². The second-order valence-corrected chi connectivity index (χ2v) is 3.79. The minimum absolute atomic E-state index is 0.281. The lowest BCUT2D eigenvalue weighted by Crippen LogP contribution is -2.34. The highest BCUT2D eigenvalue weighted by atomic mass is 19.1. The minimum atomic E-state index is -0.950. The number of rotatable bonds is 4. The van der Waals surface area contributed by atoms with Crippen molar-refractivity contribution in [3.8, 4) is 0 Å². The third-order valence-electron chi connectivity index (χ3n) is 2.95. The van der Waals surface area contributed by atoms with E-state index in [1.807, 2.05) is 6.92 Å². The van der Waals surface area contributed by atoms with Gasteiger partial charge in [-0.3, -0.25) is 0 Å². The van der Waals surface area contributed by atoms with Gasteiger partial charge in [-0.2, -0.15) is 0 Å². The van der Waals surface area contributed by atoms with E-state index in [1.54, 1.807) is 25.1 Å². The summed E-state index contributed by atoms with van der Waals surface area (Å²) >= 11 is 0. The van der Waals surface area contributed by atoms with Gasteiger partial charge >= 0.3 is 0 Å². The smallest absolute Gasteiger partial charge is 0.129 e. The van der Waals surface area contributed by atoms with Gasteiger partial charge in [-0.05, 0) is 19.4 Å². The van der Waals surface area contributed by atoms with Crippen molar-refractivity contribution in [2.45, 2.75) is 32.0 Å². The molecule has 0 saturated carbocycles. The molecule has 2 atom stereocenters. The Morgan fingerprint density at radius 3 is 2.53 bits per heavy atom. The highest BCUT2D eigenvalue weighted by Gasteiger charge is 2.33. The quantitative estimate of drug-likeness (QED) is 0.831. The maximum absolute atomic E-state index is 13.4. The summed E-state index contributed by atoms with van der Waals surface area (Å²) in [5.74, 6) is -0.401. The Hall–Kier alpha value is -0.930. The fraction of sp³-hybridized carbons (Fsp3) is 0.500. The highest BCUT2D eigenvalue weighted by Crippen LogP contribution is 2.32. The molecule has 1 N–H and O–H groups in total. The topological polar surface area (TPSA) is 29.5 Å². The fourth-order valence-corrected chi connectivity index (χ4v) is 1.48. The van der Waals surface area contributed by atoms with Crippen LogP contribution in [0.15, 0.2) is 24.3 Å². The summed E-state index contributed by atoms with van der Waals surface area (Å²) in [6, 6.07) is 6.21. The maximum atomic E-state index is 13.4. The lowest BCUT2D eigenvalue weighted by Gasteiger charge is -2.32. The lowest BCUT2D eigenvalue weighted by molar-refractivity contribution is -0.0955. The van der Waals surface area contributed by atoms with Gasteiger partial charge in [0.15, 0.2) is 0 Å². The van der Waals surface area contributed by atoms with Crippen LogP contribution in [0.1, 0.15) is 31.9 Å². The summed E-state index contributed by atoms with van der Waals surface area (Å²) in [6.45, 7) is 3.66. The van der Waals surface area contributed by atoms with Crippen molar-refractivity contribution in [3.63, 3.8) is 0 Å². The molecule has 0 aliphatic heterocycles. The van der Waals surface area contributed by atoms with Gasteiger partial charge in [-0.1, -0.05) is 25.1 Å². The number of methoxy groups -OCH3 is 1. The molecule has 2 nitrogen and oxygen atoms in total. The Bertz CT molecular complexity index is 321. The number of benzene rings is 1. The van der Waals surface area contributed by atoms with Crippen molar-refractivity contribution in [2.75, 3.05) is 7.11 Å². The van der Waals surface area contributed by atoms with Gasteiger partial charge in [0.2, 0.25) is 0 Å². The van der Waals surface area contributed by atoms with Crippen molar-refractivity contribution >= 4 is 0 Å². The fourth-order valence-electron chi connectivity index (χ4n) is 1.48. The molecular formula is C12H17FO2. The molecule has 1 aromatic rings. The predicted molar refractivity (Wildman–Crippen MR) is 57.1 cm³/mol. The summed E-state index contributed by atoms with van der Waals surface area (Å²) in [5, 5.41) is 10.1. The van der Waals surface area contributed by atoms with E-state index < -0.39 is 17.5 Å². The molecule has 0 fully saturated rings. The lowest BCUT2D eigenvalue weighted by atomic mass is 9.90. The normalized spacial score (nSPS) is 17.1. The predicted octanol–water partition coefficient (Wildman–Crippen LogP) is 2.67. The summed E-state index contributed by atoms with van der Waals surface area (Å²) < 4.78 is 18.7. The zero-order valence-electron chi connectivity index (χ0n) is 9.33. The molecular weight excluding hydrogens is 195 g/mol. The van der Waals surface area contributed by atoms with E-state index in [9.17, 15) is 9.50 Å². The Kier molecular flexibility index (Phi) is 3.83. The van der Waals surface area contributed by atoms with Crippen LogP contribution in [0.2, 0.25) is 0 Å². The zero-order valence-corrected chi connectivity index (χ0v) is 9.33. The number of ether oxygens (including phenoxy) is 1. The number of hydrogen-bond donors (Lipinski definition) is 1. The summed E-state index contributed by atoms with van der Waals surface area (Å²) in [7, 11) is 1.52. The SMILES string of the molecule is CCC(C)(OC)C(O)c1ccccc1F. The Labute approximate surface area is 89.7 Å². The molecule has 0 saturated heterocycles. The first-order chi connectivity index (χ1) is 7.05. The van der Waals surface area contributed by atoms with E-state index in [2.05, 4.69) is 0 Å². The average Bonchev–Trinajstić information content (AvgIpc) is 2.28. The number of aliphatic hydroxyl groups excluding tert-OH is 1. The number of hydrogen-bond acceptors (Lipinski definition) is 2. The molecule has 0 heterocycles. The first-order valence-electron chi connectivity index (χ1n) is 5.02. The standard InChI is InChI=1S/C12H17FO2/c1-4-12(2,15-3)11(14)9-7-5-6-8-10(9)13/h5-8,11,14H,4H2,1-3H3. The van der Waals surface area contributed by atoms with Crippen LogP contribution < -0.4 is 0 Å². The van der Waals surface area contributed by atoms with Crippen LogP contribution in [-0.2, 0) is 4.74 Å². The van der Waals surface area contributed by atoms with E-state index >= 15 is 0 Å². The second-order valence-electron chi connectivity index (χ2n) is 3.79. The molecule has 0 spiro atoms. The van der Waals surface area contributed by atoms with Crippen LogP contribution in [0.25, 0.3) is 0 Å². The molecule has 1 aromatic carbocycles. The molecule has 0 amide bonds. The van der Waals surface area contributed by atoms with Gasteiger partial charge < -0.3 is 9.84 Å². The monoisotopic (exact) mass is 212 g/mol. The third-order valence-corrected chi connectivity index (χ3v) is 2.95. The van der Waals surface area contributed by atoms with Gasteiger partial charge in [-0.25, -0.2) is 4.39 Å². The molecule has 0 radical (unpaired) electrons. The maximum Gasteiger partial charge on any atom is 0.129 e. The first-order valence-corrected chi connectivity index (χ1v) is 5.02. The van der Waals surface area contributed by atoms with Crippen LogP contribution in [0.3, 0.4) is 0 Å². The van der Waals surface area contributed by atoms with Crippen molar-refractivity contribution in [3.05, 3.63) is 35.6 Å². The van der Waals surface area contributed by atoms with Crippen molar-refractivity contribution in [2.24, 2.45) is 0 Å².